The fourth-order valence-corrected chi connectivity index (χ4v) is 5.92. The van der Waals surface area contributed by atoms with Crippen molar-refractivity contribution in [2.45, 2.75) is 31.2 Å². The standard InChI is InChI=1S/C25H27N3O2S/c29-21(23-17-19-7-4-5-11-22(19)31-23)10-6-14-27-15-12-25(13-16-27)24(30)26-18-28(25)20-8-2-1-3-9-20/h1-5,7-9,11,17H,6,10,12-16,18H2,(H,26,30). The Bertz CT molecular complexity index is 1050. The number of para-hydroxylation sites is 1. The molecule has 0 unspecified atom stereocenters. The molecule has 2 aliphatic heterocycles. The number of hydrogen-bond acceptors (Lipinski definition) is 5. The largest absolute Gasteiger partial charge is 0.339 e. The summed E-state index contributed by atoms with van der Waals surface area (Å²) in [6.07, 6.45) is 3.07. The number of likely N-dealkylation sites (tertiary alicyclic amines) is 1. The molecule has 160 valence electrons. The molecule has 0 aliphatic carbocycles. The minimum atomic E-state index is -0.440. The zero-order valence-corrected chi connectivity index (χ0v) is 18.4. The molecule has 1 aromatic heterocycles. The van der Waals surface area contributed by atoms with Gasteiger partial charge in [-0.05, 0) is 55.5 Å². The van der Waals surface area contributed by atoms with E-state index in [9.17, 15) is 9.59 Å². The van der Waals surface area contributed by atoms with Crippen LogP contribution in [-0.4, -0.2) is 48.4 Å². The Morgan fingerprint density at radius 2 is 1.77 bits per heavy atom. The summed E-state index contributed by atoms with van der Waals surface area (Å²) in [5, 5.41) is 4.20. The average Bonchev–Trinajstić information content (AvgIpc) is 3.38. The number of nitrogens with one attached hydrogen (secondary N) is 1. The highest BCUT2D eigenvalue weighted by molar-refractivity contribution is 7.20. The van der Waals surface area contributed by atoms with E-state index in [1.807, 2.05) is 36.4 Å². The van der Waals surface area contributed by atoms with Gasteiger partial charge in [0.25, 0.3) is 0 Å². The van der Waals surface area contributed by atoms with Gasteiger partial charge in [-0.1, -0.05) is 36.4 Å². The van der Waals surface area contributed by atoms with Crippen LogP contribution in [0, 0.1) is 0 Å². The van der Waals surface area contributed by atoms with Crippen LogP contribution in [0.3, 0.4) is 0 Å². The summed E-state index contributed by atoms with van der Waals surface area (Å²) < 4.78 is 1.17. The Kier molecular flexibility index (Phi) is 5.50. The summed E-state index contributed by atoms with van der Waals surface area (Å²) >= 11 is 1.59. The molecule has 1 N–H and O–H groups in total. The molecule has 0 atom stereocenters. The molecule has 3 heterocycles. The van der Waals surface area contributed by atoms with Crippen LogP contribution in [0.25, 0.3) is 10.1 Å². The predicted octanol–water partition coefficient (Wildman–Crippen LogP) is 4.29. The van der Waals surface area contributed by atoms with E-state index in [-0.39, 0.29) is 11.7 Å². The Balaban J connectivity index is 1.15. The van der Waals surface area contributed by atoms with E-state index in [0.29, 0.717) is 13.1 Å². The Labute approximate surface area is 186 Å². The van der Waals surface area contributed by atoms with Gasteiger partial charge in [0.15, 0.2) is 5.78 Å². The first kappa shape index (κ1) is 20.2. The maximum Gasteiger partial charge on any atom is 0.247 e. The summed E-state index contributed by atoms with van der Waals surface area (Å²) in [5.41, 5.74) is 0.660. The molecular formula is C25H27N3O2S. The minimum Gasteiger partial charge on any atom is -0.339 e. The highest BCUT2D eigenvalue weighted by atomic mass is 32.1. The molecule has 2 aliphatic rings. The number of nitrogens with zero attached hydrogens (tertiary/aromatic N) is 2. The number of piperidine rings is 1. The number of hydrogen-bond donors (Lipinski definition) is 1. The molecule has 31 heavy (non-hydrogen) atoms. The molecule has 1 spiro atoms. The maximum atomic E-state index is 12.8. The van der Waals surface area contributed by atoms with Gasteiger partial charge in [-0.2, -0.15) is 0 Å². The first-order valence-electron chi connectivity index (χ1n) is 11.0. The highest BCUT2D eigenvalue weighted by Crippen LogP contribution is 2.36. The lowest BCUT2D eigenvalue weighted by molar-refractivity contribution is -0.125. The quantitative estimate of drug-likeness (QED) is 0.589. The van der Waals surface area contributed by atoms with Crippen LogP contribution in [0.4, 0.5) is 5.69 Å². The molecule has 5 nitrogen and oxygen atoms in total. The first-order valence-corrected chi connectivity index (χ1v) is 11.8. The second kappa shape index (κ2) is 8.44. The fourth-order valence-electron chi connectivity index (χ4n) is 4.88. The molecule has 0 bridgehead atoms. The van der Waals surface area contributed by atoms with Crippen molar-refractivity contribution in [3.05, 3.63) is 65.5 Å². The number of anilines is 1. The van der Waals surface area contributed by atoms with Gasteiger partial charge in [0.05, 0.1) is 11.5 Å². The lowest BCUT2D eigenvalue weighted by atomic mass is 9.85. The third-order valence-electron chi connectivity index (χ3n) is 6.67. The van der Waals surface area contributed by atoms with Crippen LogP contribution in [0.1, 0.15) is 35.4 Å². The van der Waals surface area contributed by atoms with Crippen molar-refractivity contribution in [1.29, 1.82) is 0 Å². The molecular weight excluding hydrogens is 406 g/mol. The number of benzene rings is 2. The van der Waals surface area contributed by atoms with Gasteiger partial charge in [0.2, 0.25) is 5.91 Å². The van der Waals surface area contributed by atoms with Gasteiger partial charge in [-0.15, -0.1) is 11.3 Å². The van der Waals surface area contributed by atoms with Crippen molar-refractivity contribution in [2.75, 3.05) is 31.2 Å². The minimum absolute atomic E-state index is 0.149. The topological polar surface area (TPSA) is 52.7 Å². The van der Waals surface area contributed by atoms with Crippen molar-refractivity contribution in [1.82, 2.24) is 10.2 Å². The summed E-state index contributed by atoms with van der Waals surface area (Å²) in [4.78, 5) is 30.9. The average molecular weight is 434 g/mol. The summed E-state index contributed by atoms with van der Waals surface area (Å²) in [6.45, 7) is 3.24. The molecule has 2 aromatic carbocycles. The van der Waals surface area contributed by atoms with Crippen LogP contribution in [0.2, 0.25) is 0 Å². The van der Waals surface area contributed by atoms with E-state index in [0.717, 1.165) is 54.8 Å². The molecule has 6 heteroatoms. The second-order valence-electron chi connectivity index (χ2n) is 8.48. The lowest BCUT2D eigenvalue weighted by Gasteiger charge is -2.43. The van der Waals surface area contributed by atoms with Crippen molar-refractivity contribution >= 4 is 38.8 Å². The Morgan fingerprint density at radius 1 is 1.03 bits per heavy atom. The smallest absolute Gasteiger partial charge is 0.247 e. The van der Waals surface area contributed by atoms with Crippen molar-refractivity contribution < 1.29 is 9.59 Å². The van der Waals surface area contributed by atoms with Crippen molar-refractivity contribution in [3.63, 3.8) is 0 Å². The number of Topliss-reactive ketones (excluding diaryl/α,β-unsaturated/α-hetero) is 1. The number of carbonyl (C=O) groups excluding carboxylic acids is 2. The number of ketones is 1. The van der Waals surface area contributed by atoms with E-state index >= 15 is 0 Å². The second-order valence-corrected chi connectivity index (χ2v) is 9.56. The maximum absolute atomic E-state index is 12.8. The summed E-state index contributed by atoms with van der Waals surface area (Å²) in [5.74, 6) is 0.385. The van der Waals surface area contributed by atoms with Crippen LogP contribution < -0.4 is 10.2 Å². The van der Waals surface area contributed by atoms with Crippen LogP contribution >= 0.6 is 11.3 Å². The molecule has 0 radical (unpaired) electrons. The number of carbonyl (C=O) groups is 2. The normalized spacial score (nSPS) is 18.6. The number of amides is 1. The molecule has 3 aromatic rings. The summed E-state index contributed by atoms with van der Waals surface area (Å²) in [6, 6.07) is 20.4. The van der Waals surface area contributed by atoms with Gasteiger partial charge >= 0.3 is 0 Å². The van der Waals surface area contributed by atoms with Gasteiger partial charge in [0.1, 0.15) is 5.54 Å². The number of rotatable bonds is 6. The third-order valence-corrected chi connectivity index (χ3v) is 7.82. The van der Waals surface area contributed by atoms with Gasteiger partial charge in [-0.3, -0.25) is 9.59 Å². The van der Waals surface area contributed by atoms with E-state index in [1.54, 1.807) is 11.3 Å². The predicted molar refractivity (Wildman–Crippen MR) is 126 cm³/mol. The SMILES string of the molecule is O=C(CCCN1CCC2(CC1)C(=O)NCN2c1ccccc1)c1cc2ccccc2s1. The number of fused-ring (bicyclic) bond motifs is 1. The zero-order valence-electron chi connectivity index (χ0n) is 17.5. The third kappa shape index (κ3) is 3.86. The zero-order chi connectivity index (χ0) is 21.3. The first-order chi connectivity index (χ1) is 15.2. The van der Waals surface area contributed by atoms with Crippen molar-refractivity contribution in [2.24, 2.45) is 0 Å². The van der Waals surface area contributed by atoms with Crippen LogP contribution in [0.5, 0.6) is 0 Å². The molecule has 2 fully saturated rings. The van der Waals surface area contributed by atoms with E-state index in [4.69, 9.17) is 0 Å². The van der Waals surface area contributed by atoms with Crippen molar-refractivity contribution in [3.8, 4) is 0 Å². The fraction of sp³-hybridized carbons (Fsp3) is 0.360. The van der Waals surface area contributed by atoms with Gasteiger partial charge in [0, 0.05) is 29.9 Å². The molecule has 2 saturated heterocycles. The molecule has 1 amide bonds. The monoisotopic (exact) mass is 433 g/mol. The molecule has 5 rings (SSSR count). The Morgan fingerprint density at radius 3 is 2.55 bits per heavy atom. The van der Waals surface area contributed by atoms with Gasteiger partial charge < -0.3 is 15.1 Å². The van der Waals surface area contributed by atoms with E-state index in [1.165, 1.54) is 4.70 Å². The van der Waals surface area contributed by atoms with Gasteiger partial charge in [-0.25, -0.2) is 0 Å². The summed E-state index contributed by atoms with van der Waals surface area (Å²) in [7, 11) is 0. The van der Waals surface area contributed by atoms with E-state index in [2.05, 4.69) is 39.4 Å². The highest BCUT2D eigenvalue weighted by Gasteiger charge is 2.50. The van der Waals surface area contributed by atoms with Crippen LogP contribution in [0.15, 0.2) is 60.7 Å². The van der Waals surface area contributed by atoms with E-state index < -0.39 is 5.54 Å². The van der Waals surface area contributed by atoms with Crippen LogP contribution in [-0.2, 0) is 4.79 Å². The Hall–Kier alpha value is -2.70. The number of thiophene rings is 1. The molecule has 0 saturated carbocycles. The lowest BCUT2D eigenvalue weighted by Crippen LogP contribution is -2.56.